The predicted molar refractivity (Wildman–Crippen MR) is 76.8 cm³/mol. The SMILES string of the molecule is Cc1nc(C2CCCN(c3cc(Cl)nc(N)n3)C2)n[nH]1. The number of hydrogen-bond donors (Lipinski definition) is 2. The molecule has 1 aliphatic rings. The van der Waals surface area contributed by atoms with E-state index in [1.54, 1.807) is 6.07 Å². The molecule has 8 heteroatoms. The molecule has 3 N–H and O–H groups in total. The highest BCUT2D eigenvalue weighted by Gasteiger charge is 2.25. The molecule has 0 aromatic carbocycles. The largest absolute Gasteiger partial charge is 0.368 e. The summed E-state index contributed by atoms with van der Waals surface area (Å²) in [6.07, 6.45) is 2.13. The minimum Gasteiger partial charge on any atom is -0.368 e. The van der Waals surface area contributed by atoms with Gasteiger partial charge in [0.05, 0.1) is 0 Å². The maximum atomic E-state index is 5.94. The first-order chi connectivity index (χ1) is 9.61. The Morgan fingerprint density at radius 3 is 2.95 bits per heavy atom. The highest BCUT2D eigenvalue weighted by Crippen LogP contribution is 2.28. The van der Waals surface area contributed by atoms with E-state index in [2.05, 4.69) is 30.0 Å². The Morgan fingerprint density at radius 1 is 1.40 bits per heavy atom. The molecule has 2 aromatic rings. The maximum Gasteiger partial charge on any atom is 0.223 e. The molecule has 2 aromatic heterocycles. The minimum atomic E-state index is 0.198. The van der Waals surface area contributed by atoms with Crippen molar-refractivity contribution < 1.29 is 0 Å². The van der Waals surface area contributed by atoms with Crippen molar-refractivity contribution in [2.45, 2.75) is 25.7 Å². The zero-order valence-electron chi connectivity index (χ0n) is 11.2. The van der Waals surface area contributed by atoms with E-state index < -0.39 is 0 Å². The third-order valence-electron chi connectivity index (χ3n) is 3.42. The number of aromatic nitrogens is 5. The first-order valence-electron chi connectivity index (χ1n) is 6.56. The van der Waals surface area contributed by atoms with E-state index in [0.29, 0.717) is 11.1 Å². The highest BCUT2D eigenvalue weighted by molar-refractivity contribution is 6.29. The zero-order valence-corrected chi connectivity index (χ0v) is 11.9. The summed E-state index contributed by atoms with van der Waals surface area (Å²) in [5.74, 6) is 2.96. The van der Waals surface area contributed by atoms with Crippen LogP contribution < -0.4 is 10.6 Å². The molecule has 0 bridgehead atoms. The van der Waals surface area contributed by atoms with Crippen molar-refractivity contribution in [2.75, 3.05) is 23.7 Å². The molecular formula is C12H16ClN7. The number of hydrogen-bond acceptors (Lipinski definition) is 6. The summed E-state index contributed by atoms with van der Waals surface area (Å²) in [5, 5.41) is 7.51. The Labute approximate surface area is 121 Å². The molecule has 1 unspecified atom stereocenters. The standard InChI is InChI=1S/C12H16ClN7/c1-7-15-11(19-18-7)8-3-2-4-20(6-8)10-5-9(13)16-12(14)17-10/h5,8H,2-4,6H2,1H3,(H2,14,16,17)(H,15,18,19). The van der Waals surface area contributed by atoms with Crippen LogP contribution in [0.1, 0.15) is 30.4 Å². The number of anilines is 2. The van der Waals surface area contributed by atoms with Crippen LogP contribution in [0.2, 0.25) is 5.15 Å². The molecule has 7 nitrogen and oxygen atoms in total. The Kier molecular flexibility index (Phi) is 3.43. The minimum absolute atomic E-state index is 0.198. The fourth-order valence-electron chi connectivity index (χ4n) is 2.52. The van der Waals surface area contributed by atoms with Gasteiger partial charge in [-0.1, -0.05) is 11.6 Å². The van der Waals surface area contributed by atoms with Crippen LogP contribution in [-0.2, 0) is 0 Å². The summed E-state index contributed by atoms with van der Waals surface area (Å²) >= 11 is 5.94. The lowest BCUT2D eigenvalue weighted by molar-refractivity contribution is 0.489. The number of nitrogens with two attached hydrogens (primary N) is 1. The normalized spacial score (nSPS) is 19.3. The number of piperidine rings is 1. The second kappa shape index (κ2) is 5.24. The van der Waals surface area contributed by atoms with Crippen LogP contribution in [0.15, 0.2) is 6.07 Å². The molecule has 0 radical (unpaired) electrons. The molecule has 3 rings (SSSR count). The number of aryl methyl sites for hydroxylation is 1. The van der Waals surface area contributed by atoms with Gasteiger partial charge in [-0.3, -0.25) is 5.10 Å². The van der Waals surface area contributed by atoms with E-state index in [9.17, 15) is 0 Å². The van der Waals surface area contributed by atoms with Gasteiger partial charge in [-0.15, -0.1) is 0 Å². The van der Waals surface area contributed by atoms with Crippen LogP contribution in [0.25, 0.3) is 0 Å². The molecule has 0 amide bonds. The van der Waals surface area contributed by atoms with Gasteiger partial charge in [0.25, 0.3) is 0 Å². The van der Waals surface area contributed by atoms with E-state index in [1.807, 2.05) is 6.92 Å². The number of halogens is 1. The van der Waals surface area contributed by atoms with Gasteiger partial charge in [-0.25, -0.2) is 9.97 Å². The molecule has 106 valence electrons. The third kappa shape index (κ3) is 2.67. The fraction of sp³-hybridized carbons (Fsp3) is 0.500. The Hall–Kier alpha value is -1.89. The summed E-state index contributed by atoms with van der Waals surface area (Å²) < 4.78 is 0. The lowest BCUT2D eigenvalue weighted by atomic mass is 9.97. The topological polar surface area (TPSA) is 96.6 Å². The fourth-order valence-corrected chi connectivity index (χ4v) is 2.71. The van der Waals surface area contributed by atoms with Crippen molar-refractivity contribution in [3.63, 3.8) is 0 Å². The predicted octanol–water partition coefficient (Wildman–Crippen LogP) is 1.52. The number of nitrogens with zero attached hydrogens (tertiary/aromatic N) is 5. The van der Waals surface area contributed by atoms with Crippen molar-refractivity contribution in [1.29, 1.82) is 0 Å². The smallest absolute Gasteiger partial charge is 0.223 e. The van der Waals surface area contributed by atoms with Gasteiger partial charge in [0.2, 0.25) is 5.95 Å². The number of rotatable bonds is 2. The second-order valence-corrected chi connectivity index (χ2v) is 5.36. The summed E-state index contributed by atoms with van der Waals surface area (Å²) in [6.45, 7) is 3.64. The summed E-state index contributed by atoms with van der Waals surface area (Å²) in [4.78, 5) is 14.7. The monoisotopic (exact) mass is 293 g/mol. The second-order valence-electron chi connectivity index (χ2n) is 4.97. The molecule has 1 atom stereocenters. The van der Waals surface area contributed by atoms with Crippen LogP contribution in [0, 0.1) is 6.92 Å². The van der Waals surface area contributed by atoms with E-state index in [4.69, 9.17) is 17.3 Å². The molecule has 1 fully saturated rings. The Bertz CT molecular complexity index is 591. The van der Waals surface area contributed by atoms with Crippen molar-refractivity contribution >= 4 is 23.4 Å². The molecule has 0 aliphatic carbocycles. The zero-order chi connectivity index (χ0) is 14.1. The first kappa shape index (κ1) is 13.1. The van der Waals surface area contributed by atoms with E-state index >= 15 is 0 Å². The van der Waals surface area contributed by atoms with Crippen molar-refractivity contribution in [3.05, 3.63) is 22.9 Å². The van der Waals surface area contributed by atoms with Crippen molar-refractivity contribution in [1.82, 2.24) is 25.1 Å². The molecule has 0 spiro atoms. The van der Waals surface area contributed by atoms with Crippen molar-refractivity contribution in [3.8, 4) is 0 Å². The van der Waals surface area contributed by atoms with Gasteiger partial charge >= 0.3 is 0 Å². The Morgan fingerprint density at radius 2 is 2.25 bits per heavy atom. The van der Waals surface area contributed by atoms with Crippen LogP contribution in [0.5, 0.6) is 0 Å². The van der Waals surface area contributed by atoms with Crippen LogP contribution in [-0.4, -0.2) is 38.2 Å². The third-order valence-corrected chi connectivity index (χ3v) is 3.62. The van der Waals surface area contributed by atoms with Gasteiger partial charge in [0.15, 0.2) is 5.82 Å². The summed E-state index contributed by atoms with van der Waals surface area (Å²) in [5.41, 5.74) is 5.65. The van der Waals surface area contributed by atoms with Crippen LogP contribution >= 0.6 is 11.6 Å². The maximum absolute atomic E-state index is 5.94. The molecule has 0 saturated carbocycles. The van der Waals surface area contributed by atoms with Crippen LogP contribution in [0.4, 0.5) is 11.8 Å². The molecule has 3 heterocycles. The van der Waals surface area contributed by atoms with E-state index in [-0.39, 0.29) is 5.95 Å². The van der Waals surface area contributed by atoms with E-state index in [1.165, 1.54) is 0 Å². The molecule has 1 aliphatic heterocycles. The average molecular weight is 294 g/mol. The van der Waals surface area contributed by atoms with Crippen LogP contribution in [0.3, 0.4) is 0 Å². The van der Waals surface area contributed by atoms with Gasteiger partial charge in [0, 0.05) is 25.1 Å². The van der Waals surface area contributed by atoms with E-state index in [0.717, 1.165) is 43.4 Å². The number of nitrogen functional groups attached to an aromatic ring is 1. The lowest BCUT2D eigenvalue weighted by Gasteiger charge is -2.32. The van der Waals surface area contributed by atoms with Gasteiger partial charge < -0.3 is 10.6 Å². The number of H-pyrrole nitrogens is 1. The summed E-state index contributed by atoms with van der Waals surface area (Å²) in [7, 11) is 0. The average Bonchev–Trinajstić information content (AvgIpc) is 2.85. The lowest BCUT2D eigenvalue weighted by Crippen LogP contribution is -2.35. The number of nitrogens with one attached hydrogen (secondary N) is 1. The van der Waals surface area contributed by atoms with Gasteiger partial charge in [-0.2, -0.15) is 10.1 Å². The Balaban J connectivity index is 1.81. The van der Waals surface area contributed by atoms with Gasteiger partial charge in [-0.05, 0) is 19.8 Å². The highest BCUT2D eigenvalue weighted by atomic mass is 35.5. The quantitative estimate of drug-likeness (QED) is 0.815. The van der Waals surface area contributed by atoms with Gasteiger partial charge in [0.1, 0.15) is 16.8 Å². The molecular weight excluding hydrogens is 278 g/mol. The summed E-state index contributed by atoms with van der Waals surface area (Å²) in [6, 6.07) is 1.74. The molecule has 20 heavy (non-hydrogen) atoms. The number of aromatic amines is 1. The first-order valence-corrected chi connectivity index (χ1v) is 6.93. The van der Waals surface area contributed by atoms with Crippen molar-refractivity contribution in [2.24, 2.45) is 0 Å². The molecule has 1 saturated heterocycles.